The van der Waals surface area contributed by atoms with Crippen LogP contribution < -0.4 is 0 Å². The third kappa shape index (κ3) is 64.8. The molecular weight excluding hydrogens is 1190 g/mol. The Balaban J connectivity index is 5.26. The first kappa shape index (κ1) is 88.1. The van der Waals surface area contributed by atoms with Gasteiger partial charge in [0.05, 0.1) is 26.4 Å². The van der Waals surface area contributed by atoms with Crippen molar-refractivity contribution in [2.75, 3.05) is 39.6 Å². The molecule has 0 saturated carbocycles. The van der Waals surface area contributed by atoms with E-state index in [2.05, 4.69) is 48.5 Å². The number of esters is 4. The summed E-state index contributed by atoms with van der Waals surface area (Å²) in [5.41, 5.74) is 0. The van der Waals surface area contributed by atoms with E-state index in [1.807, 2.05) is 0 Å². The second kappa shape index (κ2) is 61.9. The van der Waals surface area contributed by atoms with Crippen LogP contribution in [0.2, 0.25) is 0 Å². The highest BCUT2D eigenvalue weighted by Crippen LogP contribution is 2.45. The molecule has 5 atom stereocenters. The second-order valence-electron chi connectivity index (χ2n) is 27.1. The van der Waals surface area contributed by atoms with Crippen LogP contribution in [0.5, 0.6) is 0 Å². The molecule has 0 aromatic carbocycles. The Bertz CT molecular complexity index is 1770. The molecule has 0 rings (SSSR count). The number of aliphatic hydroxyl groups is 1. The molecule has 0 radical (unpaired) electrons. The molecule has 0 aromatic rings. The van der Waals surface area contributed by atoms with Gasteiger partial charge in [-0.1, -0.05) is 305 Å². The van der Waals surface area contributed by atoms with E-state index in [1.165, 1.54) is 167 Å². The summed E-state index contributed by atoms with van der Waals surface area (Å²) in [5.74, 6) is 0.139. The summed E-state index contributed by atoms with van der Waals surface area (Å²) in [6, 6.07) is 0. The Labute approximate surface area is 549 Å². The summed E-state index contributed by atoms with van der Waals surface area (Å²) >= 11 is 0. The molecule has 17 nitrogen and oxygen atoms in total. The number of carbonyl (C=O) groups is 4. The minimum atomic E-state index is -4.95. The van der Waals surface area contributed by atoms with Gasteiger partial charge in [0.1, 0.15) is 19.3 Å². The lowest BCUT2D eigenvalue weighted by atomic mass is 10.0. The lowest BCUT2D eigenvalue weighted by molar-refractivity contribution is -0.161. The number of aliphatic hydroxyl groups excluding tert-OH is 1. The molecule has 0 fully saturated rings. The SMILES string of the molecule is CCCCCCCCCCCCCC(=O)OC[C@H](COP(=O)(O)OC[C@H](O)COP(=O)(O)OC[C@@H](COC(=O)CCCCCCCCCCCCC(C)C)OC(=O)CCCCCCCCCCCCC(C)C)OC(=O)CCCCCCCCCCCCC(C)C. The van der Waals surface area contributed by atoms with E-state index in [4.69, 9.17) is 37.0 Å². The van der Waals surface area contributed by atoms with E-state index in [0.717, 1.165) is 108 Å². The minimum absolute atomic E-state index is 0.105. The highest BCUT2D eigenvalue weighted by atomic mass is 31.2. The first-order valence-corrected chi connectivity index (χ1v) is 39.8. The fraction of sp³-hybridized carbons (Fsp3) is 0.944. The fourth-order valence-electron chi connectivity index (χ4n) is 10.7. The van der Waals surface area contributed by atoms with Crippen molar-refractivity contribution in [3.63, 3.8) is 0 Å². The molecule has 0 aliphatic carbocycles. The van der Waals surface area contributed by atoms with Crippen LogP contribution in [0, 0.1) is 17.8 Å². The average molecular weight is 1330 g/mol. The molecule has 3 N–H and O–H groups in total. The Kier molecular flexibility index (Phi) is 60.6. The standard InChI is InChI=1S/C71H138O17P2/c1-8-9-10-11-12-13-14-24-31-38-45-52-68(73)81-58-66(87-70(75)54-47-40-33-26-19-16-22-29-36-43-50-63(4)5)60-85-89(77,78)83-56-65(72)57-84-90(79,80)86-61-67(88-71(76)55-48-41-34-27-20-17-23-30-37-44-51-64(6)7)59-82-69(74)53-46-39-32-25-18-15-21-28-35-42-49-62(2)3/h62-67,72H,8-61H2,1-7H3,(H,77,78)(H,79,80)/t65-,66+,67+/m0/s1. The summed E-state index contributed by atoms with van der Waals surface area (Å²) in [7, 11) is -9.90. The lowest BCUT2D eigenvalue weighted by Crippen LogP contribution is -2.30. The molecule has 0 aromatic heterocycles. The summed E-state index contributed by atoms with van der Waals surface area (Å²) in [5, 5.41) is 10.6. The van der Waals surface area contributed by atoms with Crippen molar-refractivity contribution in [1.82, 2.24) is 0 Å². The zero-order chi connectivity index (χ0) is 66.6. The molecule has 0 amide bonds. The summed E-state index contributed by atoms with van der Waals surface area (Å²) in [6.45, 7) is 11.8. The van der Waals surface area contributed by atoms with Crippen LogP contribution in [0.25, 0.3) is 0 Å². The third-order valence-corrected chi connectivity index (χ3v) is 18.3. The van der Waals surface area contributed by atoms with Crippen molar-refractivity contribution in [3.8, 4) is 0 Å². The largest absolute Gasteiger partial charge is 0.472 e. The van der Waals surface area contributed by atoms with Crippen LogP contribution in [0.3, 0.4) is 0 Å². The summed E-state index contributed by atoms with van der Waals surface area (Å²) in [6.07, 6.45) is 45.7. The van der Waals surface area contributed by atoms with Gasteiger partial charge in [-0.05, 0) is 43.4 Å². The van der Waals surface area contributed by atoms with Crippen LogP contribution in [-0.2, 0) is 65.4 Å². The zero-order valence-electron chi connectivity index (χ0n) is 58.6. The molecule has 0 aliphatic rings. The molecule has 0 aliphatic heterocycles. The van der Waals surface area contributed by atoms with Crippen LogP contribution in [-0.4, -0.2) is 96.7 Å². The number of hydrogen-bond donors (Lipinski definition) is 3. The number of rotatable bonds is 69. The van der Waals surface area contributed by atoms with Gasteiger partial charge in [-0.3, -0.25) is 37.3 Å². The van der Waals surface area contributed by atoms with Gasteiger partial charge >= 0.3 is 39.5 Å². The zero-order valence-corrected chi connectivity index (χ0v) is 60.4. The van der Waals surface area contributed by atoms with Crippen molar-refractivity contribution in [2.24, 2.45) is 17.8 Å². The van der Waals surface area contributed by atoms with E-state index in [1.54, 1.807) is 0 Å². The number of ether oxygens (including phenoxy) is 4. The van der Waals surface area contributed by atoms with E-state index in [9.17, 15) is 43.2 Å². The predicted octanol–water partition coefficient (Wildman–Crippen LogP) is 20.2. The molecular formula is C71H138O17P2. The Hall–Kier alpha value is -1.94. The smallest absolute Gasteiger partial charge is 0.462 e. The summed E-state index contributed by atoms with van der Waals surface area (Å²) < 4.78 is 68.3. The molecule has 0 spiro atoms. The molecule has 534 valence electrons. The molecule has 2 unspecified atom stereocenters. The van der Waals surface area contributed by atoms with Gasteiger partial charge in [-0.2, -0.15) is 0 Å². The van der Waals surface area contributed by atoms with Crippen molar-refractivity contribution < 1.29 is 80.2 Å². The fourth-order valence-corrected chi connectivity index (χ4v) is 12.3. The van der Waals surface area contributed by atoms with E-state index < -0.39 is 97.5 Å². The lowest BCUT2D eigenvalue weighted by Gasteiger charge is -2.21. The Morgan fingerprint density at radius 2 is 0.511 bits per heavy atom. The molecule has 0 bridgehead atoms. The Morgan fingerprint density at radius 1 is 0.300 bits per heavy atom. The molecule has 0 saturated heterocycles. The van der Waals surface area contributed by atoms with Gasteiger partial charge in [0, 0.05) is 25.7 Å². The highest BCUT2D eigenvalue weighted by molar-refractivity contribution is 7.47. The van der Waals surface area contributed by atoms with Crippen molar-refractivity contribution in [3.05, 3.63) is 0 Å². The number of carbonyl (C=O) groups excluding carboxylic acids is 4. The maximum atomic E-state index is 13.0. The minimum Gasteiger partial charge on any atom is -0.462 e. The van der Waals surface area contributed by atoms with Gasteiger partial charge in [0.15, 0.2) is 12.2 Å². The molecule has 0 heterocycles. The third-order valence-electron chi connectivity index (χ3n) is 16.4. The maximum absolute atomic E-state index is 13.0. The highest BCUT2D eigenvalue weighted by Gasteiger charge is 2.30. The summed E-state index contributed by atoms with van der Waals surface area (Å²) in [4.78, 5) is 72.6. The van der Waals surface area contributed by atoms with E-state index in [0.29, 0.717) is 25.7 Å². The van der Waals surface area contributed by atoms with Gasteiger partial charge in [-0.25, -0.2) is 9.13 Å². The van der Waals surface area contributed by atoms with Gasteiger partial charge < -0.3 is 33.8 Å². The quantitative estimate of drug-likeness (QED) is 0.0222. The number of phosphoric acid groups is 2. The van der Waals surface area contributed by atoms with Crippen LogP contribution in [0.1, 0.15) is 357 Å². The Morgan fingerprint density at radius 3 is 0.756 bits per heavy atom. The molecule has 90 heavy (non-hydrogen) atoms. The average Bonchev–Trinajstić information content (AvgIpc) is 3.57. The van der Waals surface area contributed by atoms with Crippen LogP contribution in [0.15, 0.2) is 0 Å². The first-order valence-electron chi connectivity index (χ1n) is 36.8. The second-order valence-corrected chi connectivity index (χ2v) is 30.0. The predicted molar refractivity (Wildman–Crippen MR) is 363 cm³/mol. The maximum Gasteiger partial charge on any atom is 0.472 e. The molecule has 19 heteroatoms. The number of hydrogen-bond acceptors (Lipinski definition) is 15. The number of unbranched alkanes of at least 4 members (excludes halogenated alkanes) is 37. The first-order chi connectivity index (χ1) is 43.2. The van der Waals surface area contributed by atoms with Gasteiger partial charge in [-0.15, -0.1) is 0 Å². The van der Waals surface area contributed by atoms with Crippen LogP contribution in [0.4, 0.5) is 0 Å². The van der Waals surface area contributed by atoms with Gasteiger partial charge in [0.25, 0.3) is 0 Å². The van der Waals surface area contributed by atoms with Crippen molar-refractivity contribution >= 4 is 39.5 Å². The van der Waals surface area contributed by atoms with E-state index in [-0.39, 0.29) is 25.7 Å². The number of phosphoric ester groups is 2. The van der Waals surface area contributed by atoms with Crippen molar-refractivity contribution in [1.29, 1.82) is 0 Å². The topological polar surface area (TPSA) is 237 Å². The van der Waals surface area contributed by atoms with E-state index >= 15 is 0 Å². The monoisotopic (exact) mass is 1320 g/mol. The van der Waals surface area contributed by atoms with Gasteiger partial charge in [0.2, 0.25) is 0 Å². The van der Waals surface area contributed by atoms with Crippen LogP contribution >= 0.6 is 15.6 Å². The van der Waals surface area contributed by atoms with Crippen molar-refractivity contribution in [2.45, 2.75) is 375 Å². The normalized spacial score (nSPS) is 14.2.